The third kappa shape index (κ3) is 3.94. The van der Waals surface area contributed by atoms with Gasteiger partial charge in [-0.15, -0.1) is 12.4 Å². The van der Waals surface area contributed by atoms with Gasteiger partial charge >= 0.3 is 0 Å². The van der Waals surface area contributed by atoms with Crippen molar-refractivity contribution in [2.24, 2.45) is 5.92 Å². The maximum absolute atomic E-state index is 6.23. The van der Waals surface area contributed by atoms with Gasteiger partial charge in [0.2, 0.25) is 5.88 Å². The molecular formula is C20H24Cl2N2O. The van der Waals surface area contributed by atoms with Crippen molar-refractivity contribution in [3.05, 3.63) is 58.4 Å². The van der Waals surface area contributed by atoms with Crippen molar-refractivity contribution in [1.82, 2.24) is 9.55 Å². The largest absolute Gasteiger partial charge is 0.471 e. The van der Waals surface area contributed by atoms with Crippen LogP contribution in [0, 0.1) is 19.8 Å². The highest BCUT2D eigenvalue weighted by Crippen LogP contribution is 2.32. The summed E-state index contributed by atoms with van der Waals surface area (Å²) in [6, 6.07) is 9.81. The van der Waals surface area contributed by atoms with Crippen LogP contribution in [0.15, 0.2) is 36.5 Å². The van der Waals surface area contributed by atoms with E-state index in [0.717, 1.165) is 22.6 Å². The van der Waals surface area contributed by atoms with Gasteiger partial charge in [0.1, 0.15) is 12.1 Å². The van der Waals surface area contributed by atoms with Gasteiger partial charge in [0.15, 0.2) is 0 Å². The summed E-state index contributed by atoms with van der Waals surface area (Å²) in [5.41, 5.74) is 4.60. The second-order valence-electron chi connectivity index (χ2n) is 6.61. The Hall–Kier alpha value is -1.71. The summed E-state index contributed by atoms with van der Waals surface area (Å²) < 4.78 is 8.38. The van der Waals surface area contributed by atoms with Crippen LogP contribution in [0.25, 0.3) is 10.9 Å². The van der Waals surface area contributed by atoms with Gasteiger partial charge in [-0.25, -0.2) is 4.98 Å². The zero-order valence-corrected chi connectivity index (χ0v) is 16.6. The lowest BCUT2D eigenvalue weighted by molar-refractivity contribution is 0.296. The molecule has 0 aliphatic heterocycles. The number of aromatic nitrogens is 2. The van der Waals surface area contributed by atoms with E-state index < -0.39 is 0 Å². The van der Waals surface area contributed by atoms with Crippen LogP contribution in [0.1, 0.15) is 30.7 Å². The molecule has 0 aliphatic rings. The predicted octanol–water partition coefficient (Wildman–Crippen LogP) is 5.96. The fourth-order valence-corrected chi connectivity index (χ4v) is 3.21. The van der Waals surface area contributed by atoms with Crippen LogP contribution >= 0.6 is 24.0 Å². The number of ether oxygens (including phenoxy) is 1. The Kier molecular flexibility index (Phi) is 6.36. The van der Waals surface area contributed by atoms with Crippen LogP contribution in [0.4, 0.5) is 0 Å². The van der Waals surface area contributed by atoms with Crippen molar-refractivity contribution < 1.29 is 4.74 Å². The van der Waals surface area contributed by atoms with Gasteiger partial charge in [-0.2, -0.15) is 0 Å². The molecule has 25 heavy (non-hydrogen) atoms. The predicted molar refractivity (Wildman–Crippen MR) is 107 cm³/mol. The molecule has 134 valence electrons. The molecule has 3 nitrogen and oxygen atoms in total. The van der Waals surface area contributed by atoms with E-state index in [-0.39, 0.29) is 12.4 Å². The van der Waals surface area contributed by atoms with Crippen molar-refractivity contribution in [1.29, 1.82) is 0 Å². The normalized spacial score (nSPS) is 11.0. The number of halogens is 2. The van der Waals surface area contributed by atoms with Crippen LogP contribution < -0.4 is 4.74 Å². The molecule has 3 aromatic rings. The molecular weight excluding hydrogens is 355 g/mol. The van der Waals surface area contributed by atoms with Crippen molar-refractivity contribution >= 4 is 34.9 Å². The summed E-state index contributed by atoms with van der Waals surface area (Å²) in [5, 5.41) is 1.92. The highest BCUT2D eigenvalue weighted by atomic mass is 35.5. The molecule has 2 heterocycles. The molecule has 0 N–H and O–H groups in total. The molecule has 3 rings (SSSR count). The summed E-state index contributed by atoms with van der Waals surface area (Å²) in [6.07, 6.45) is 1.82. The number of fused-ring (bicyclic) bond motifs is 1. The fraction of sp³-hybridized carbons (Fsp3) is 0.350. The fourth-order valence-electron chi connectivity index (χ4n) is 3.02. The Balaban J connectivity index is 0.00000225. The van der Waals surface area contributed by atoms with Crippen molar-refractivity contribution in [2.45, 2.75) is 40.8 Å². The third-order valence-corrected chi connectivity index (χ3v) is 4.75. The monoisotopic (exact) mass is 378 g/mol. The minimum absolute atomic E-state index is 0. The van der Waals surface area contributed by atoms with Gasteiger partial charge in [0, 0.05) is 34.4 Å². The molecule has 0 amide bonds. The minimum Gasteiger partial charge on any atom is -0.471 e. The maximum Gasteiger partial charge on any atom is 0.238 e. The molecule has 0 saturated carbocycles. The summed E-state index contributed by atoms with van der Waals surface area (Å²) >= 11 is 6.23. The number of aryl methyl sites for hydroxylation is 1. The minimum atomic E-state index is 0. The van der Waals surface area contributed by atoms with Crippen molar-refractivity contribution in [3.63, 3.8) is 0 Å². The first-order chi connectivity index (χ1) is 11.5. The van der Waals surface area contributed by atoms with Gasteiger partial charge in [-0.3, -0.25) is 0 Å². The smallest absolute Gasteiger partial charge is 0.238 e. The maximum atomic E-state index is 6.23. The molecule has 0 fully saturated rings. The molecule has 0 aliphatic carbocycles. The zero-order chi connectivity index (χ0) is 17.3. The SMILES string of the molecule is Cc1c(C)n(CC(C)C)c2c(OCc3ccccc3Cl)nccc12.Cl. The molecule has 0 unspecified atom stereocenters. The van der Waals surface area contributed by atoms with E-state index >= 15 is 0 Å². The second-order valence-corrected chi connectivity index (χ2v) is 7.01. The molecule has 1 aromatic carbocycles. The molecule has 0 atom stereocenters. The Morgan fingerprint density at radius 1 is 1.16 bits per heavy atom. The molecule has 0 radical (unpaired) electrons. The van der Waals surface area contributed by atoms with Crippen molar-refractivity contribution in [3.8, 4) is 5.88 Å². The van der Waals surface area contributed by atoms with Crippen LogP contribution in [0.5, 0.6) is 5.88 Å². The average Bonchev–Trinajstić information content (AvgIpc) is 2.79. The zero-order valence-electron chi connectivity index (χ0n) is 15.0. The highest BCUT2D eigenvalue weighted by Gasteiger charge is 2.17. The number of benzene rings is 1. The quantitative estimate of drug-likeness (QED) is 0.547. The van der Waals surface area contributed by atoms with Gasteiger partial charge in [0.25, 0.3) is 0 Å². The Morgan fingerprint density at radius 3 is 2.56 bits per heavy atom. The molecule has 0 bridgehead atoms. The van der Waals surface area contributed by atoms with Gasteiger partial charge < -0.3 is 9.30 Å². The number of hydrogen-bond acceptors (Lipinski definition) is 2. The van der Waals surface area contributed by atoms with E-state index in [1.54, 1.807) is 0 Å². The lowest BCUT2D eigenvalue weighted by Crippen LogP contribution is -2.08. The standard InChI is InChI=1S/C20H23ClN2O.ClH/c1-13(2)11-23-15(4)14(3)17-9-10-22-20(19(17)23)24-12-16-7-5-6-8-18(16)21;/h5-10,13H,11-12H2,1-4H3;1H. The molecule has 5 heteroatoms. The number of hydrogen-bond donors (Lipinski definition) is 0. The lowest BCUT2D eigenvalue weighted by Gasteiger charge is -2.14. The second kappa shape index (κ2) is 8.11. The number of rotatable bonds is 5. The third-order valence-electron chi connectivity index (χ3n) is 4.38. The van der Waals surface area contributed by atoms with E-state index in [0.29, 0.717) is 18.4 Å². The number of nitrogens with zero attached hydrogens (tertiary/aromatic N) is 2. The van der Waals surface area contributed by atoms with E-state index in [1.165, 1.54) is 16.6 Å². The number of pyridine rings is 1. The Labute approximate surface area is 160 Å². The first-order valence-corrected chi connectivity index (χ1v) is 8.67. The Morgan fingerprint density at radius 2 is 1.88 bits per heavy atom. The van der Waals surface area contributed by atoms with Gasteiger partial charge in [-0.1, -0.05) is 43.6 Å². The van der Waals surface area contributed by atoms with Crippen LogP contribution in [0.2, 0.25) is 5.02 Å². The average molecular weight is 379 g/mol. The molecule has 2 aromatic heterocycles. The summed E-state index contributed by atoms with van der Waals surface area (Å²) in [5.74, 6) is 1.22. The van der Waals surface area contributed by atoms with Crippen molar-refractivity contribution in [2.75, 3.05) is 0 Å². The first kappa shape index (κ1) is 19.6. The van der Waals surface area contributed by atoms with Gasteiger partial charge in [0.05, 0.1) is 0 Å². The summed E-state index contributed by atoms with van der Waals surface area (Å²) in [4.78, 5) is 4.49. The Bertz CT molecular complexity index is 872. The lowest BCUT2D eigenvalue weighted by atomic mass is 10.2. The van der Waals surface area contributed by atoms with Crippen LogP contribution in [0.3, 0.4) is 0 Å². The van der Waals surface area contributed by atoms with Gasteiger partial charge in [-0.05, 0) is 37.5 Å². The first-order valence-electron chi connectivity index (χ1n) is 8.29. The van der Waals surface area contributed by atoms with Crippen LogP contribution in [-0.4, -0.2) is 9.55 Å². The van der Waals surface area contributed by atoms with E-state index in [9.17, 15) is 0 Å². The molecule has 0 saturated heterocycles. The van der Waals surface area contributed by atoms with E-state index in [4.69, 9.17) is 16.3 Å². The highest BCUT2D eigenvalue weighted by molar-refractivity contribution is 6.31. The van der Waals surface area contributed by atoms with E-state index in [2.05, 4.69) is 43.3 Å². The molecule has 0 spiro atoms. The summed E-state index contributed by atoms with van der Waals surface area (Å²) in [7, 11) is 0. The van der Waals surface area contributed by atoms with E-state index in [1.807, 2.05) is 30.5 Å². The van der Waals surface area contributed by atoms with Crippen LogP contribution in [-0.2, 0) is 13.2 Å². The summed E-state index contributed by atoms with van der Waals surface area (Å²) in [6.45, 7) is 10.1. The topological polar surface area (TPSA) is 27.1 Å².